The molecule has 10 heteroatoms. The van der Waals surface area contributed by atoms with Gasteiger partial charge in [0, 0.05) is 45.2 Å². The summed E-state index contributed by atoms with van der Waals surface area (Å²) in [5.74, 6) is 1.16. The van der Waals surface area contributed by atoms with Crippen LogP contribution in [0.4, 0.5) is 5.69 Å². The van der Waals surface area contributed by atoms with Crippen molar-refractivity contribution in [2.24, 2.45) is 5.92 Å². The number of rotatable bonds is 11. The fraction of sp³-hybridized carbons (Fsp3) is 0.410. The predicted molar refractivity (Wildman–Crippen MR) is 193 cm³/mol. The number of fused-ring (bicyclic) bond motifs is 3. The Labute approximate surface area is 289 Å². The van der Waals surface area contributed by atoms with Crippen LogP contribution in [0.3, 0.4) is 0 Å². The van der Waals surface area contributed by atoms with Gasteiger partial charge in [-0.25, -0.2) is 0 Å². The Balaban J connectivity index is 1.42. The number of carbonyl (C=O) groups is 2. The third kappa shape index (κ3) is 8.08. The van der Waals surface area contributed by atoms with Gasteiger partial charge in [-0.3, -0.25) is 19.3 Å². The molecule has 1 fully saturated rings. The predicted octanol–water partition coefficient (Wildman–Crippen LogP) is 5.16. The van der Waals surface area contributed by atoms with Crippen LogP contribution in [0.15, 0.2) is 65.5 Å². The molecule has 1 saturated heterocycles. The van der Waals surface area contributed by atoms with E-state index in [0.717, 1.165) is 36.3 Å². The van der Waals surface area contributed by atoms with E-state index in [1.54, 1.807) is 33.5 Å². The second-order valence-corrected chi connectivity index (χ2v) is 12.9. The standard InChI is InChI=1S/C39H48N4O6/c1-25(2)36(39(46)43-21-19-42(20-22-43)18-10-13-27-11-8-7-9-12-27)41-32-17-15-29-30(24-33(32)45)31(40-26(3)44)16-14-28-23-34(47-4)37(48-5)38(49-6)35(28)29/h7-13,15,17,23-25,31,36H,14,16,18-22H2,1-6H3,(H,40,44)(H,41,45)/b13-10+/t31-,36-/m0/s1. The molecular weight excluding hydrogens is 620 g/mol. The minimum absolute atomic E-state index is 0.0260. The Morgan fingerprint density at radius 1 is 0.939 bits per heavy atom. The molecular formula is C39H48N4O6. The number of amides is 2. The van der Waals surface area contributed by atoms with Crippen LogP contribution in [0.1, 0.15) is 49.9 Å². The number of ether oxygens (including phenoxy) is 3. The molecule has 2 aliphatic rings. The number of hydrogen-bond donors (Lipinski definition) is 2. The van der Waals surface area contributed by atoms with Crippen molar-refractivity contribution in [3.8, 4) is 28.4 Å². The van der Waals surface area contributed by atoms with E-state index >= 15 is 0 Å². The van der Waals surface area contributed by atoms with Crippen LogP contribution in [-0.2, 0) is 16.0 Å². The van der Waals surface area contributed by atoms with Crippen molar-refractivity contribution in [1.29, 1.82) is 0 Å². The summed E-state index contributed by atoms with van der Waals surface area (Å²) in [4.78, 5) is 44.4. The average molecular weight is 669 g/mol. The summed E-state index contributed by atoms with van der Waals surface area (Å²) < 4.78 is 17.2. The van der Waals surface area contributed by atoms with Gasteiger partial charge in [-0.15, -0.1) is 0 Å². The molecule has 0 saturated carbocycles. The first kappa shape index (κ1) is 35.5. The maximum atomic E-state index is 13.9. The second kappa shape index (κ2) is 16.0. The van der Waals surface area contributed by atoms with Crippen molar-refractivity contribution < 1.29 is 23.8 Å². The molecule has 49 heavy (non-hydrogen) atoms. The van der Waals surface area contributed by atoms with Gasteiger partial charge in [-0.2, -0.15) is 0 Å². The minimum atomic E-state index is -0.600. The molecule has 0 aromatic heterocycles. The number of carbonyl (C=O) groups excluding carboxylic acids is 2. The summed E-state index contributed by atoms with van der Waals surface area (Å²) in [7, 11) is 4.70. The van der Waals surface area contributed by atoms with Crippen LogP contribution in [0.5, 0.6) is 17.2 Å². The number of anilines is 1. The zero-order chi connectivity index (χ0) is 35.1. The van der Waals surface area contributed by atoms with Crippen LogP contribution < -0.4 is 30.3 Å². The maximum absolute atomic E-state index is 13.9. The largest absolute Gasteiger partial charge is 0.493 e. The summed E-state index contributed by atoms with van der Waals surface area (Å²) in [5, 5.41) is 6.37. The molecule has 3 aromatic rings. The van der Waals surface area contributed by atoms with Gasteiger partial charge in [0.05, 0.1) is 33.1 Å². The smallest absolute Gasteiger partial charge is 0.245 e. The van der Waals surface area contributed by atoms with Crippen molar-refractivity contribution in [1.82, 2.24) is 15.1 Å². The normalized spacial score (nSPS) is 16.7. The summed E-state index contributed by atoms with van der Waals surface area (Å²) >= 11 is 0. The Morgan fingerprint density at radius 3 is 2.29 bits per heavy atom. The topological polar surface area (TPSA) is 109 Å². The van der Waals surface area contributed by atoms with Crippen LogP contribution in [0.25, 0.3) is 17.2 Å². The molecule has 0 unspecified atom stereocenters. The van der Waals surface area contributed by atoms with Crippen LogP contribution in [0, 0.1) is 5.92 Å². The Hall–Kier alpha value is -4.83. The van der Waals surface area contributed by atoms with E-state index in [9.17, 15) is 14.4 Å². The van der Waals surface area contributed by atoms with E-state index in [1.807, 2.05) is 49.1 Å². The van der Waals surface area contributed by atoms with E-state index in [-0.39, 0.29) is 23.2 Å². The Morgan fingerprint density at radius 2 is 1.65 bits per heavy atom. The molecule has 5 rings (SSSR count). The summed E-state index contributed by atoms with van der Waals surface area (Å²) in [6.07, 6.45) is 5.45. The van der Waals surface area contributed by atoms with Gasteiger partial charge in [-0.1, -0.05) is 62.4 Å². The molecule has 1 heterocycles. The molecule has 0 spiro atoms. The number of benzene rings is 2. The number of aryl methyl sites for hydroxylation is 1. The lowest BCUT2D eigenvalue weighted by atomic mass is 9.95. The average Bonchev–Trinajstić information content (AvgIpc) is 3.34. The van der Waals surface area contributed by atoms with E-state index in [4.69, 9.17) is 14.2 Å². The van der Waals surface area contributed by atoms with E-state index in [1.165, 1.54) is 12.5 Å². The second-order valence-electron chi connectivity index (χ2n) is 12.9. The fourth-order valence-corrected chi connectivity index (χ4v) is 6.76. The molecule has 1 aliphatic carbocycles. The molecule has 0 radical (unpaired) electrons. The van der Waals surface area contributed by atoms with Crippen molar-refractivity contribution in [3.63, 3.8) is 0 Å². The highest BCUT2D eigenvalue weighted by Crippen LogP contribution is 2.50. The van der Waals surface area contributed by atoms with Crippen LogP contribution >= 0.6 is 0 Å². The summed E-state index contributed by atoms with van der Waals surface area (Å²) in [6.45, 7) is 9.03. The highest BCUT2D eigenvalue weighted by molar-refractivity contribution is 5.86. The highest BCUT2D eigenvalue weighted by Gasteiger charge is 2.32. The lowest BCUT2D eigenvalue weighted by molar-refractivity contribution is -0.134. The summed E-state index contributed by atoms with van der Waals surface area (Å²) in [5.41, 5.74) is 4.33. The Kier molecular flexibility index (Phi) is 11.6. The third-order valence-corrected chi connectivity index (χ3v) is 9.32. The molecule has 10 nitrogen and oxygen atoms in total. The lowest BCUT2D eigenvalue weighted by Gasteiger charge is -2.37. The van der Waals surface area contributed by atoms with E-state index in [0.29, 0.717) is 54.4 Å². The van der Waals surface area contributed by atoms with Gasteiger partial charge in [0.15, 0.2) is 11.5 Å². The van der Waals surface area contributed by atoms with Gasteiger partial charge in [-0.05, 0) is 59.2 Å². The molecule has 3 aromatic carbocycles. The molecule has 0 bridgehead atoms. The van der Waals surface area contributed by atoms with Crippen LogP contribution in [0.2, 0.25) is 0 Å². The number of piperazine rings is 1. The Bertz CT molecular complexity index is 1730. The van der Waals surface area contributed by atoms with Crippen LogP contribution in [-0.4, -0.2) is 81.7 Å². The first-order valence-corrected chi connectivity index (χ1v) is 16.9. The minimum Gasteiger partial charge on any atom is -0.493 e. The van der Waals surface area contributed by atoms with Crippen molar-refractivity contribution in [2.45, 2.75) is 45.7 Å². The molecule has 260 valence electrons. The van der Waals surface area contributed by atoms with Crippen molar-refractivity contribution >= 4 is 23.6 Å². The number of nitrogens with zero attached hydrogens (tertiary/aromatic N) is 2. The fourth-order valence-electron chi connectivity index (χ4n) is 6.76. The van der Waals surface area contributed by atoms with Gasteiger partial charge in [0.1, 0.15) is 6.04 Å². The van der Waals surface area contributed by atoms with Crippen molar-refractivity contribution in [3.05, 3.63) is 87.6 Å². The first-order valence-electron chi connectivity index (χ1n) is 16.9. The van der Waals surface area contributed by atoms with E-state index in [2.05, 4.69) is 39.8 Å². The molecule has 2 atom stereocenters. The molecule has 2 N–H and O–H groups in total. The maximum Gasteiger partial charge on any atom is 0.245 e. The van der Waals surface area contributed by atoms with Gasteiger partial charge in [0.25, 0.3) is 0 Å². The third-order valence-electron chi connectivity index (χ3n) is 9.32. The SMILES string of the molecule is COc1cc2c(c(OC)c1OC)-c1ccc(N[C@H](C(=O)N3CCN(C/C=C/c4ccccc4)CC3)C(C)C)c(=O)cc1[C@@H](NC(C)=O)CC2. The monoisotopic (exact) mass is 668 g/mol. The number of methoxy groups -OCH3 is 3. The van der Waals surface area contributed by atoms with Gasteiger partial charge >= 0.3 is 0 Å². The quantitative estimate of drug-likeness (QED) is 0.289. The number of hydrogen-bond acceptors (Lipinski definition) is 8. The van der Waals surface area contributed by atoms with Crippen molar-refractivity contribution in [2.75, 3.05) is 59.4 Å². The lowest BCUT2D eigenvalue weighted by Crippen LogP contribution is -2.54. The van der Waals surface area contributed by atoms with E-state index < -0.39 is 12.1 Å². The highest BCUT2D eigenvalue weighted by atomic mass is 16.5. The zero-order valence-electron chi connectivity index (χ0n) is 29.4. The van der Waals surface area contributed by atoms with Gasteiger partial charge in [0.2, 0.25) is 23.0 Å². The number of nitrogens with one attached hydrogen (secondary N) is 2. The van der Waals surface area contributed by atoms with Gasteiger partial charge < -0.3 is 29.7 Å². The molecule has 1 aliphatic heterocycles. The zero-order valence-corrected chi connectivity index (χ0v) is 29.4. The molecule has 2 amide bonds. The first-order chi connectivity index (χ1) is 23.6. The summed E-state index contributed by atoms with van der Waals surface area (Å²) in [6, 6.07) is 16.3.